The molecule has 12 heavy (non-hydrogen) atoms. The molecule has 0 aliphatic carbocycles. The highest BCUT2D eigenvalue weighted by atomic mass is 35.5. The molecule has 0 fully saturated rings. The molecule has 0 aromatic carbocycles. The second kappa shape index (κ2) is 4.08. The van der Waals surface area contributed by atoms with Crippen molar-refractivity contribution in [1.29, 1.82) is 0 Å². The van der Waals surface area contributed by atoms with E-state index in [0.29, 0.717) is 16.6 Å². The van der Waals surface area contributed by atoms with E-state index in [4.69, 9.17) is 28.3 Å². The second-order valence-corrected chi connectivity index (χ2v) is 3.43. The average molecular weight is 206 g/mol. The van der Waals surface area contributed by atoms with Crippen molar-refractivity contribution in [3.05, 3.63) is 28.0 Å². The van der Waals surface area contributed by atoms with Crippen LogP contribution in [0.3, 0.4) is 0 Å². The molecule has 4 heteroatoms. The number of hydrogen-bond acceptors (Lipinski definition) is 2. The van der Waals surface area contributed by atoms with Crippen molar-refractivity contribution < 1.29 is 5.11 Å². The molecule has 1 atom stereocenters. The quantitative estimate of drug-likeness (QED) is 0.753. The minimum atomic E-state index is -0.385. The summed E-state index contributed by atoms with van der Waals surface area (Å²) in [7, 11) is 0. The molecule has 1 N–H and O–H groups in total. The molecular formula is C8H9Cl2NO. The molecule has 1 rings (SSSR count). The van der Waals surface area contributed by atoms with E-state index in [9.17, 15) is 0 Å². The van der Waals surface area contributed by atoms with Crippen LogP contribution in [0, 0.1) is 0 Å². The third-order valence-electron chi connectivity index (χ3n) is 1.38. The highest BCUT2D eigenvalue weighted by Gasteiger charge is 2.03. The van der Waals surface area contributed by atoms with Gasteiger partial charge in [0.05, 0.1) is 11.1 Å². The van der Waals surface area contributed by atoms with Crippen molar-refractivity contribution in [3.8, 4) is 0 Å². The summed E-state index contributed by atoms with van der Waals surface area (Å²) in [4.78, 5) is 3.85. The average Bonchev–Trinajstić information content (AvgIpc) is 1.96. The van der Waals surface area contributed by atoms with Crippen molar-refractivity contribution in [2.45, 2.75) is 19.4 Å². The van der Waals surface area contributed by atoms with Gasteiger partial charge in [0, 0.05) is 6.20 Å². The number of pyridine rings is 1. The van der Waals surface area contributed by atoms with Crippen LogP contribution in [-0.4, -0.2) is 16.2 Å². The van der Waals surface area contributed by atoms with Gasteiger partial charge in [0.25, 0.3) is 0 Å². The topological polar surface area (TPSA) is 33.1 Å². The summed E-state index contributed by atoms with van der Waals surface area (Å²) in [5, 5.41) is 9.79. The number of halogens is 2. The van der Waals surface area contributed by atoms with Crippen LogP contribution >= 0.6 is 23.2 Å². The molecule has 66 valence electrons. The summed E-state index contributed by atoms with van der Waals surface area (Å²) >= 11 is 11.3. The first kappa shape index (κ1) is 9.78. The van der Waals surface area contributed by atoms with Crippen molar-refractivity contribution in [2.24, 2.45) is 0 Å². The molecule has 0 aliphatic rings. The molecule has 0 amide bonds. The smallest absolute Gasteiger partial charge is 0.147 e. The van der Waals surface area contributed by atoms with Gasteiger partial charge in [0.15, 0.2) is 0 Å². The molecule has 0 radical (unpaired) electrons. The maximum absolute atomic E-state index is 9.06. The summed E-state index contributed by atoms with van der Waals surface area (Å²) < 4.78 is 0. The monoisotopic (exact) mass is 205 g/mol. The van der Waals surface area contributed by atoms with Crippen LogP contribution in [0.25, 0.3) is 0 Å². The SMILES string of the molecule is C[C@@H](O)Cc1cnc(Cl)c(Cl)c1. The molecule has 0 bridgehead atoms. The number of hydrogen-bond donors (Lipinski definition) is 1. The second-order valence-electron chi connectivity index (χ2n) is 2.67. The molecule has 1 aromatic heterocycles. The predicted octanol–water partition coefficient (Wildman–Crippen LogP) is 2.31. The standard InChI is InChI=1S/C8H9Cl2NO/c1-5(12)2-6-3-7(9)8(10)11-4-6/h3-5,12H,2H2,1H3/t5-/m1/s1. The number of aliphatic hydroxyl groups is 1. The van der Waals surface area contributed by atoms with Crippen LogP contribution in [-0.2, 0) is 6.42 Å². The number of aliphatic hydroxyl groups excluding tert-OH is 1. The zero-order valence-electron chi connectivity index (χ0n) is 6.59. The van der Waals surface area contributed by atoms with E-state index in [1.54, 1.807) is 19.2 Å². The van der Waals surface area contributed by atoms with Crippen molar-refractivity contribution in [3.63, 3.8) is 0 Å². The van der Waals surface area contributed by atoms with Gasteiger partial charge in [0.2, 0.25) is 0 Å². The highest BCUT2D eigenvalue weighted by Crippen LogP contribution is 2.20. The van der Waals surface area contributed by atoms with E-state index in [0.717, 1.165) is 5.56 Å². The summed E-state index contributed by atoms with van der Waals surface area (Å²) in [5.74, 6) is 0. The van der Waals surface area contributed by atoms with Gasteiger partial charge >= 0.3 is 0 Å². The van der Waals surface area contributed by atoms with Crippen molar-refractivity contribution in [2.75, 3.05) is 0 Å². The molecule has 0 saturated carbocycles. The maximum Gasteiger partial charge on any atom is 0.147 e. The highest BCUT2D eigenvalue weighted by molar-refractivity contribution is 6.41. The Morgan fingerprint density at radius 1 is 1.58 bits per heavy atom. The Balaban J connectivity index is 2.82. The fraction of sp³-hybridized carbons (Fsp3) is 0.375. The molecular weight excluding hydrogens is 197 g/mol. The van der Waals surface area contributed by atoms with Crippen LogP contribution in [0.2, 0.25) is 10.2 Å². The lowest BCUT2D eigenvalue weighted by Crippen LogP contribution is -2.04. The predicted molar refractivity (Wildman–Crippen MR) is 49.6 cm³/mol. The Hall–Kier alpha value is -0.310. The molecule has 0 saturated heterocycles. The lowest BCUT2D eigenvalue weighted by atomic mass is 10.1. The Morgan fingerprint density at radius 3 is 2.75 bits per heavy atom. The lowest BCUT2D eigenvalue weighted by molar-refractivity contribution is 0.195. The summed E-state index contributed by atoms with van der Waals surface area (Å²) in [6.07, 6.45) is 1.77. The Kier molecular flexibility index (Phi) is 3.32. The van der Waals surface area contributed by atoms with Gasteiger partial charge in [-0.2, -0.15) is 0 Å². The van der Waals surface area contributed by atoms with Gasteiger partial charge in [-0.3, -0.25) is 0 Å². The third-order valence-corrected chi connectivity index (χ3v) is 2.07. The number of nitrogens with zero attached hydrogens (tertiary/aromatic N) is 1. The van der Waals surface area contributed by atoms with Crippen LogP contribution in [0.5, 0.6) is 0 Å². The van der Waals surface area contributed by atoms with Crippen molar-refractivity contribution in [1.82, 2.24) is 4.98 Å². The summed E-state index contributed by atoms with van der Waals surface area (Å²) in [5.41, 5.74) is 0.888. The summed E-state index contributed by atoms with van der Waals surface area (Å²) in [6.45, 7) is 1.71. The van der Waals surface area contributed by atoms with Gasteiger partial charge in [-0.15, -0.1) is 0 Å². The largest absolute Gasteiger partial charge is 0.393 e. The fourth-order valence-electron chi connectivity index (χ4n) is 0.914. The van der Waals surface area contributed by atoms with Crippen LogP contribution < -0.4 is 0 Å². The normalized spacial score (nSPS) is 13.0. The van der Waals surface area contributed by atoms with E-state index in [1.807, 2.05) is 0 Å². The first-order valence-electron chi connectivity index (χ1n) is 3.57. The first-order valence-corrected chi connectivity index (χ1v) is 4.33. The minimum Gasteiger partial charge on any atom is -0.393 e. The number of aromatic nitrogens is 1. The zero-order valence-corrected chi connectivity index (χ0v) is 8.10. The van der Waals surface area contributed by atoms with Crippen LogP contribution in [0.1, 0.15) is 12.5 Å². The zero-order chi connectivity index (χ0) is 9.14. The van der Waals surface area contributed by atoms with Gasteiger partial charge in [-0.05, 0) is 25.0 Å². The molecule has 1 heterocycles. The fourth-order valence-corrected chi connectivity index (χ4v) is 1.21. The third kappa shape index (κ3) is 2.63. The van der Waals surface area contributed by atoms with Gasteiger partial charge < -0.3 is 5.11 Å². The maximum atomic E-state index is 9.06. The van der Waals surface area contributed by atoms with Gasteiger partial charge in [0.1, 0.15) is 5.15 Å². The first-order chi connectivity index (χ1) is 5.59. The van der Waals surface area contributed by atoms with E-state index in [1.165, 1.54) is 0 Å². The van der Waals surface area contributed by atoms with E-state index in [-0.39, 0.29) is 6.10 Å². The van der Waals surface area contributed by atoms with Crippen LogP contribution in [0.4, 0.5) is 0 Å². The number of rotatable bonds is 2. The van der Waals surface area contributed by atoms with Crippen molar-refractivity contribution >= 4 is 23.2 Å². The minimum absolute atomic E-state index is 0.297. The Bertz CT molecular complexity index is 276. The molecule has 0 aliphatic heterocycles. The Labute approximate surface area is 81.1 Å². The molecule has 2 nitrogen and oxygen atoms in total. The van der Waals surface area contributed by atoms with Gasteiger partial charge in [-0.25, -0.2) is 4.98 Å². The van der Waals surface area contributed by atoms with Gasteiger partial charge in [-0.1, -0.05) is 23.2 Å². The van der Waals surface area contributed by atoms with E-state index < -0.39 is 0 Å². The summed E-state index contributed by atoms with van der Waals surface area (Å²) in [6, 6.07) is 1.71. The van der Waals surface area contributed by atoms with Crippen LogP contribution in [0.15, 0.2) is 12.3 Å². The molecule has 0 spiro atoms. The lowest BCUT2D eigenvalue weighted by Gasteiger charge is -2.04. The molecule has 0 unspecified atom stereocenters. The Morgan fingerprint density at radius 2 is 2.25 bits per heavy atom. The molecule has 1 aromatic rings. The van der Waals surface area contributed by atoms with E-state index >= 15 is 0 Å². The van der Waals surface area contributed by atoms with E-state index in [2.05, 4.69) is 4.98 Å².